The van der Waals surface area contributed by atoms with Gasteiger partial charge in [-0.2, -0.15) is 9.78 Å². The number of carboxylic acid groups (broad SMARTS) is 1. The topological polar surface area (TPSA) is 98.9 Å². The van der Waals surface area contributed by atoms with Gasteiger partial charge < -0.3 is 19.3 Å². The van der Waals surface area contributed by atoms with Crippen LogP contribution in [0.25, 0.3) is 17.1 Å². The summed E-state index contributed by atoms with van der Waals surface area (Å²) in [7, 11) is 1.42. The zero-order valence-corrected chi connectivity index (χ0v) is 23.6. The van der Waals surface area contributed by atoms with Crippen LogP contribution in [0, 0.1) is 13.8 Å². The van der Waals surface area contributed by atoms with E-state index >= 15 is 0 Å². The SMILES string of the molecule is COc1c(C(=O)O)cnn1-c1cccc(-c2cccc(C)c2OCc2cc(C)c3c(c2)CN(C2CCOCC2)C3)n1. The first-order valence-electron chi connectivity index (χ1n) is 13.9. The number of rotatable bonds is 8. The van der Waals surface area contributed by atoms with Crippen LogP contribution in [0.15, 0.2) is 54.7 Å². The lowest BCUT2D eigenvalue weighted by Gasteiger charge is -2.30. The Morgan fingerprint density at radius 2 is 1.88 bits per heavy atom. The third-order valence-corrected chi connectivity index (χ3v) is 8.04. The monoisotopic (exact) mass is 554 g/mol. The van der Waals surface area contributed by atoms with Crippen molar-refractivity contribution in [2.24, 2.45) is 0 Å². The summed E-state index contributed by atoms with van der Waals surface area (Å²) >= 11 is 0. The third-order valence-electron chi connectivity index (χ3n) is 8.04. The van der Waals surface area contributed by atoms with Crippen molar-refractivity contribution in [3.05, 3.63) is 88.1 Å². The number of benzene rings is 2. The van der Waals surface area contributed by atoms with Crippen LogP contribution in [0.5, 0.6) is 11.6 Å². The molecule has 1 saturated heterocycles. The number of pyridine rings is 1. The van der Waals surface area contributed by atoms with Crippen LogP contribution in [0.1, 0.15) is 51.0 Å². The molecule has 4 aromatic rings. The summed E-state index contributed by atoms with van der Waals surface area (Å²) in [5, 5.41) is 13.7. The van der Waals surface area contributed by atoms with Gasteiger partial charge in [-0.25, -0.2) is 9.78 Å². The van der Waals surface area contributed by atoms with Gasteiger partial charge in [0.25, 0.3) is 0 Å². The fourth-order valence-corrected chi connectivity index (χ4v) is 5.94. The Balaban J connectivity index is 1.25. The fraction of sp³-hybridized carbons (Fsp3) is 0.344. The average molecular weight is 555 g/mol. The van der Waals surface area contributed by atoms with Crippen molar-refractivity contribution in [1.29, 1.82) is 0 Å². The van der Waals surface area contributed by atoms with Gasteiger partial charge in [-0.15, -0.1) is 0 Å². The summed E-state index contributed by atoms with van der Waals surface area (Å²) in [6.45, 7) is 8.35. The van der Waals surface area contributed by atoms with Gasteiger partial charge in [0, 0.05) is 37.9 Å². The molecule has 41 heavy (non-hydrogen) atoms. The second-order valence-electron chi connectivity index (χ2n) is 10.7. The number of carbonyl (C=O) groups is 1. The van der Waals surface area contributed by atoms with Crippen LogP contribution >= 0.6 is 0 Å². The predicted molar refractivity (Wildman–Crippen MR) is 154 cm³/mol. The molecular weight excluding hydrogens is 520 g/mol. The molecule has 0 unspecified atom stereocenters. The van der Waals surface area contributed by atoms with Gasteiger partial charge in [0.15, 0.2) is 5.82 Å². The lowest BCUT2D eigenvalue weighted by Crippen LogP contribution is -2.35. The lowest BCUT2D eigenvalue weighted by molar-refractivity contribution is 0.0325. The number of nitrogens with zero attached hydrogens (tertiary/aromatic N) is 4. The average Bonchev–Trinajstić information content (AvgIpc) is 3.62. The maximum atomic E-state index is 11.6. The van der Waals surface area contributed by atoms with Gasteiger partial charge >= 0.3 is 5.97 Å². The van der Waals surface area contributed by atoms with Crippen LogP contribution in [-0.2, 0) is 24.4 Å². The van der Waals surface area contributed by atoms with Crippen LogP contribution in [0.3, 0.4) is 0 Å². The molecule has 0 bridgehead atoms. The summed E-state index contributed by atoms with van der Waals surface area (Å²) in [6, 6.07) is 16.6. The summed E-state index contributed by atoms with van der Waals surface area (Å²) in [4.78, 5) is 19.0. The van der Waals surface area contributed by atoms with Crippen LogP contribution in [0.4, 0.5) is 0 Å². The zero-order valence-electron chi connectivity index (χ0n) is 23.6. The Bertz CT molecular complexity index is 1590. The number of hydrogen-bond acceptors (Lipinski definition) is 7. The van der Waals surface area contributed by atoms with E-state index in [0.717, 1.165) is 61.6 Å². The Morgan fingerprint density at radius 3 is 2.66 bits per heavy atom. The molecule has 212 valence electrons. The van der Waals surface area contributed by atoms with Gasteiger partial charge in [-0.05, 0) is 72.7 Å². The Morgan fingerprint density at radius 1 is 1.07 bits per heavy atom. The Kier molecular flexibility index (Phi) is 7.47. The minimum absolute atomic E-state index is 0.0280. The van der Waals surface area contributed by atoms with Crippen molar-refractivity contribution < 1.29 is 24.1 Å². The van der Waals surface area contributed by atoms with E-state index in [1.54, 1.807) is 6.07 Å². The molecule has 2 aromatic carbocycles. The van der Waals surface area contributed by atoms with Crippen LogP contribution < -0.4 is 9.47 Å². The number of fused-ring (bicyclic) bond motifs is 1. The standard InChI is InChI=1S/C32H34N4O5/c1-20-6-4-7-25(28-8-5-9-29(34-28)36-31(39-3)26(16-33-36)32(37)38)30(20)41-19-22-14-21(2)27-18-35(17-23(27)15-22)24-10-12-40-13-11-24/h4-9,14-16,24H,10-13,17-19H2,1-3H3,(H,37,38). The Hall–Kier alpha value is -4.21. The van der Waals surface area contributed by atoms with Crippen molar-refractivity contribution >= 4 is 5.97 Å². The van der Waals surface area contributed by atoms with Gasteiger partial charge in [-0.1, -0.05) is 30.3 Å². The lowest BCUT2D eigenvalue weighted by atomic mass is 10.0. The number of aromatic nitrogens is 3. The third kappa shape index (κ3) is 5.30. The number of aryl methyl sites for hydroxylation is 2. The highest BCUT2D eigenvalue weighted by molar-refractivity contribution is 5.90. The van der Waals surface area contributed by atoms with E-state index in [1.165, 1.54) is 34.7 Å². The molecule has 1 fully saturated rings. The molecule has 0 aliphatic carbocycles. The molecule has 9 nitrogen and oxygen atoms in total. The highest BCUT2D eigenvalue weighted by Crippen LogP contribution is 2.35. The number of para-hydroxylation sites is 1. The van der Waals surface area contributed by atoms with Crippen LogP contribution in [-0.4, -0.2) is 57.1 Å². The zero-order chi connectivity index (χ0) is 28.5. The van der Waals surface area contributed by atoms with Crippen LogP contribution in [0.2, 0.25) is 0 Å². The first kappa shape index (κ1) is 27.0. The van der Waals surface area contributed by atoms with E-state index in [1.807, 2.05) is 37.3 Å². The van der Waals surface area contributed by atoms with Crippen molar-refractivity contribution in [2.75, 3.05) is 20.3 Å². The number of ether oxygens (including phenoxy) is 3. The van der Waals surface area contributed by atoms with Gasteiger partial charge in [-0.3, -0.25) is 4.90 Å². The molecule has 0 radical (unpaired) electrons. The van der Waals surface area contributed by atoms with E-state index in [9.17, 15) is 9.90 Å². The smallest absolute Gasteiger partial charge is 0.342 e. The van der Waals surface area contributed by atoms with E-state index in [-0.39, 0.29) is 11.4 Å². The first-order chi connectivity index (χ1) is 19.9. The Labute approximate surface area is 239 Å². The van der Waals surface area contributed by atoms with E-state index in [2.05, 4.69) is 29.1 Å². The molecule has 2 aromatic heterocycles. The quantitative estimate of drug-likeness (QED) is 0.312. The first-order valence-corrected chi connectivity index (χ1v) is 13.9. The molecule has 0 amide bonds. The summed E-state index contributed by atoms with van der Waals surface area (Å²) in [5.74, 6) is 0.211. The molecule has 0 saturated carbocycles. The van der Waals surface area contributed by atoms with Gasteiger partial charge in [0.2, 0.25) is 5.88 Å². The van der Waals surface area contributed by atoms with E-state index in [0.29, 0.717) is 24.2 Å². The van der Waals surface area contributed by atoms with Gasteiger partial charge in [0.1, 0.15) is 17.9 Å². The molecule has 0 atom stereocenters. The van der Waals surface area contributed by atoms with E-state index in [4.69, 9.17) is 19.2 Å². The second kappa shape index (κ2) is 11.3. The molecule has 0 spiro atoms. The number of carboxylic acids is 1. The van der Waals surface area contributed by atoms with Crippen molar-refractivity contribution in [3.8, 4) is 28.7 Å². The second-order valence-corrected chi connectivity index (χ2v) is 10.7. The minimum Gasteiger partial charge on any atom is -0.488 e. The van der Waals surface area contributed by atoms with Crippen molar-refractivity contribution in [2.45, 2.75) is 52.4 Å². The molecule has 6 rings (SSSR count). The highest BCUT2D eigenvalue weighted by atomic mass is 16.5. The van der Waals surface area contributed by atoms with E-state index < -0.39 is 5.97 Å². The molecule has 9 heteroatoms. The van der Waals surface area contributed by atoms with Crippen molar-refractivity contribution in [1.82, 2.24) is 19.7 Å². The van der Waals surface area contributed by atoms with Gasteiger partial charge in [0.05, 0.1) is 19.0 Å². The molecule has 4 heterocycles. The number of aromatic carboxylic acids is 1. The number of methoxy groups -OCH3 is 1. The molecule has 2 aliphatic rings. The summed E-state index contributed by atoms with van der Waals surface area (Å²) in [5.41, 5.74) is 7.80. The molecule has 1 N–H and O–H groups in total. The number of hydrogen-bond donors (Lipinski definition) is 1. The summed E-state index contributed by atoms with van der Waals surface area (Å²) < 4.78 is 18.8. The highest BCUT2D eigenvalue weighted by Gasteiger charge is 2.28. The fourth-order valence-electron chi connectivity index (χ4n) is 5.94. The predicted octanol–water partition coefficient (Wildman–Crippen LogP) is 5.33. The minimum atomic E-state index is -1.11. The van der Waals surface area contributed by atoms with Crippen molar-refractivity contribution in [3.63, 3.8) is 0 Å². The largest absolute Gasteiger partial charge is 0.488 e. The molecular formula is C32H34N4O5. The maximum Gasteiger partial charge on any atom is 0.342 e. The normalized spacial score (nSPS) is 15.6. The maximum absolute atomic E-state index is 11.6. The summed E-state index contributed by atoms with van der Waals surface area (Å²) in [6.07, 6.45) is 3.46. The molecule has 2 aliphatic heterocycles.